The van der Waals surface area contributed by atoms with Crippen LogP contribution in [0.5, 0.6) is 0 Å². The molecule has 104 valence electrons. The Labute approximate surface area is 110 Å². The third-order valence-electron chi connectivity index (χ3n) is 5.13. The molecule has 0 aromatic rings. The Morgan fingerprint density at radius 3 is 2.17 bits per heavy atom. The molecule has 1 saturated heterocycles. The van der Waals surface area contributed by atoms with Gasteiger partial charge in [0, 0.05) is 21.2 Å². The molecule has 0 aromatic heterocycles. The van der Waals surface area contributed by atoms with Crippen molar-refractivity contribution in [3.8, 4) is 0 Å². The molecule has 0 radical (unpaired) electrons. The van der Waals surface area contributed by atoms with Crippen molar-refractivity contribution in [3.05, 3.63) is 0 Å². The second-order valence-electron chi connectivity index (χ2n) is 7.09. The molecule has 0 amide bonds. The van der Waals surface area contributed by atoms with Crippen molar-refractivity contribution in [2.24, 2.45) is 15.7 Å². The third kappa shape index (κ3) is 2.21. The number of hydrogen-bond acceptors (Lipinski definition) is 2. The van der Waals surface area contributed by atoms with Gasteiger partial charge in [-0.15, -0.1) is 0 Å². The normalized spacial score (nSPS) is 48.2. The van der Waals surface area contributed by atoms with E-state index in [9.17, 15) is 8.60 Å². The van der Waals surface area contributed by atoms with E-state index in [2.05, 4.69) is 4.36 Å². The van der Waals surface area contributed by atoms with E-state index < -0.39 is 15.4 Å². The monoisotopic (exact) mass is 273 g/mol. The van der Waals surface area contributed by atoms with Crippen LogP contribution in [-0.2, 0) is 9.73 Å². The van der Waals surface area contributed by atoms with Crippen LogP contribution in [0.4, 0.5) is 4.39 Å². The van der Waals surface area contributed by atoms with Crippen LogP contribution in [0.2, 0.25) is 0 Å². The van der Waals surface area contributed by atoms with Gasteiger partial charge >= 0.3 is 0 Å². The van der Waals surface area contributed by atoms with Gasteiger partial charge in [-0.25, -0.2) is 13.0 Å². The zero-order valence-corrected chi connectivity index (χ0v) is 12.3. The number of rotatable bonds is 2. The molecule has 2 saturated carbocycles. The molecule has 0 aromatic carbocycles. The Morgan fingerprint density at radius 2 is 1.72 bits per heavy atom. The van der Waals surface area contributed by atoms with Gasteiger partial charge in [-0.1, -0.05) is 13.8 Å². The van der Waals surface area contributed by atoms with E-state index in [0.29, 0.717) is 18.9 Å². The van der Waals surface area contributed by atoms with E-state index in [0.717, 1.165) is 37.2 Å². The van der Waals surface area contributed by atoms with Gasteiger partial charge in [0.05, 0.1) is 6.04 Å². The van der Waals surface area contributed by atoms with Crippen molar-refractivity contribution in [2.75, 3.05) is 11.5 Å². The van der Waals surface area contributed by atoms with Gasteiger partial charge < -0.3 is 0 Å². The van der Waals surface area contributed by atoms with Crippen molar-refractivity contribution in [3.63, 3.8) is 0 Å². The average Bonchev–Trinajstić information content (AvgIpc) is 3.04. The van der Waals surface area contributed by atoms with Crippen molar-refractivity contribution >= 4 is 9.73 Å². The predicted octanol–water partition coefficient (Wildman–Crippen LogP) is 3.56. The zero-order valence-electron chi connectivity index (χ0n) is 11.5. The molecule has 2 nitrogen and oxygen atoms in total. The predicted molar refractivity (Wildman–Crippen MR) is 72.9 cm³/mol. The summed E-state index contributed by atoms with van der Waals surface area (Å²) < 4.78 is 31.4. The molecular formula is C14H24FNOS. The standard InChI is InChI=1S/C14H24FNOS/c1-11(2)14(15)7-5-13(6-8-14)9-18(17,10-13)16-12-3-4-12/h11-12H,3-10H2,1-2H3. The molecule has 1 aliphatic heterocycles. The maximum Gasteiger partial charge on any atom is 0.113 e. The number of halogens is 1. The fourth-order valence-corrected chi connectivity index (χ4v) is 6.81. The average molecular weight is 273 g/mol. The van der Waals surface area contributed by atoms with E-state index >= 15 is 0 Å². The summed E-state index contributed by atoms with van der Waals surface area (Å²) >= 11 is 0. The van der Waals surface area contributed by atoms with Crippen LogP contribution in [-0.4, -0.2) is 27.4 Å². The first-order valence-corrected chi connectivity index (χ1v) is 9.11. The lowest BCUT2D eigenvalue weighted by atomic mass is 9.68. The molecule has 3 rings (SSSR count). The number of hydrogen-bond donors (Lipinski definition) is 0. The second kappa shape index (κ2) is 3.94. The fraction of sp³-hybridized carbons (Fsp3) is 1.00. The molecule has 2 aliphatic carbocycles. The van der Waals surface area contributed by atoms with Crippen LogP contribution in [0.3, 0.4) is 0 Å². The molecule has 3 fully saturated rings. The van der Waals surface area contributed by atoms with Crippen molar-refractivity contribution in [1.29, 1.82) is 0 Å². The SMILES string of the molecule is CC(C)C1(F)CCC2(CC1)CS(=O)(=NC1CC1)C2. The summed E-state index contributed by atoms with van der Waals surface area (Å²) in [4.78, 5) is 0. The smallest absolute Gasteiger partial charge is 0.113 e. The molecule has 1 spiro atoms. The van der Waals surface area contributed by atoms with E-state index in [4.69, 9.17) is 0 Å². The lowest BCUT2D eigenvalue weighted by molar-refractivity contribution is 0.0136. The maximum absolute atomic E-state index is 14.5. The van der Waals surface area contributed by atoms with Crippen LogP contribution < -0.4 is 0 Å². The maximum atomic E-state index is 14.5. The molecule has 3 aliphatic rings. The van der Waals surface area contributed by atoms with Crippen molar-refractivity contribution < 1.29 is 8.60 Å². The highest BCUT2D eigenvalue weighted by atomic mass is 32.2. The lowest BCUT2D eigenvalue weighted by Crippen LogP contribution is -2.53. The van der Waals surface area contributed by atoms with Crippen LogP contribution in [0.1, 0.15) is 52.4 Å². The number of nitrogens with zero attached hydrogens (tertiary/aromatic N) is 1. The zero-order chi connectivity index (χ0) is 13.0. The van der Waals surface area contributed by atoms with E-state index in [1.165, 1.54) is 0 Å². The molecule has 0 N–H and O–H groups in total. The Morgan fingerprint density at radius 1 is 1.17 bits per heavy atom. The molecular weight excluding hydrogens is 249 g/mol. The summed E-state index contributed by atoms with van der Waals surface area (Å²) in [5.41, 5.74) is -0.796. The van der Waals surface area contributed by atoms with Gasteiger partial charge in [-0.2, -0.15) is 0 Å². The summed E-state index contributed by atoms with van der Waals surface area (Å²) in [6, 6.07) is 0.398. The minimum atomic E-state index is -1.89. The van der Waals surface area contributed by atoms with Crippen molar-refractivity contribution in [2.45, 2.75) is 64.1 Å². The van der Waals surface area contributed by atoms with Gasteiger partial charge in [0.15, 0.2) is 0 Å². The fourth-order valence-electron chi connectivity index (χ4n) is 3.50. The topological polar surface area (TPSA) is 29.4 Å². The van der Waals surface area contributed by atoms with Gasteiger partial charge in [0.25, 0.3) is 0 Å². The highest BCUT2D eigenvalue weighted by Gasteiger charge is 2.52. The summed E-state index contributed by atoms with van der Waals surface area (Å²) in [5, 5.41) is 0. The minimum Gasteiger partial charge on any atom is -0.250 e. The third-order valence-corrected chi connectivity index (χ3v) is 7.94. The molecule has 18 heavy (non-hydrogen) atoms. The summed E-state index contributed by atoms with van der Waals surface area (Å²) in [6.45, 7) is 3.95. The Hall–Kier alpha value is -0.120. The minimum absolute atomic E-state index is 0.107. The summed E-state index contributed by atoms with van der Waals surface area (Å²) in [5.74, 6) is 1.62. The van der Waals surface area contributed by atoms with Crippen LogP contribution >= 0.6 is 0 Å². The first-order valence-electron chi connectivity index (χ1n) is 7.25. The first-order chi connectivity index (χ1) is 8.35. The second-order valence-corrected chi connectivity index (χ2v) is 9.42. The van der Waals surface area contributed by atoms with E-state index in [1.807, 2.05) is 13.8 Å². The highest BCUT2D eigenvalue weighted by molar-refractivity contribution is 7.95. The van der Waals surface area contributed by atoms with Crippen LogP contribution in [0.25, 0.3) is 0 Å². The molecule has 0 unspecified atom stereocenters. The van der Waals surface area contributed by atoms with Gasteiger partial charge in [-0.3, -0.25) is 0 Å². The molecule has 0 atom stereocenters. The lowest BCUT2D eigenvalue weighted by Gasteiger charge is -2.50. The highest BCUT2D eigenvalue weighted by Crippen LogP contribution is 2.52. The molecule has 4 heteroatoms. The Balaban J connectivity index is 1.63. The first kappa shape index (κ1) is 12.9. The number of alkyl halides is 1. The Kier molecular flexibility index (Phi) is 2.82. The van der Waals surface area contributed by atoms with Crippen LogP contribution in [0, 0.1) is 11.3 Å². The molecule has 1 heterocycles. The quantitative estimate of drug-likeness (QED) is 0.756. The summed E-state index contributed by atoms with van der Waals surface area (Å²) in [7, 11) is -1.89. The van der Waals surface area contributed by atoms with Gasteiger partial charge in [0.1, 0.15) is 5.67 Å². The Bertz CT molecular complexity index is 438. The van der Waals surface area contributed by atoms with Crippen LogP contribution in [0.15, 0.2) is 4.36 Å². The summed E-state index contributed by atoms with van der Waals surface area (Å²) in [6.07, 6.45) is 5.40. The molecule has 0 bridgehead atoms. The van der Waals surface area contributed by atoms with E-state index in [-0.39, 0.29) is 11.3 Å². The van der Waals surface area contributed by atoms with Gasteiger partial charge in [-0.05, 0) is 49.9 Å². The largest absolute Gasteiger partial charge is 0.250 e. The van der Waals surface area contributed by atoms with E-state index in [1.54, 1.807) is 0 Å². The van der Waals surface area contributed by atoms with Crippen molar-refractivity contribution in [1.82, 2.24) is 0 Å². The van der Waals surface area contributed by atoms with Gasteiger partial charge in [0.2, 0.25) is 0 Å².